The summed E-state index contributed by atoms with van der Waals surface area (Å²) in [7, 11) is 1.62. The van der Waals surface area contributed by atoms with Crippen LogP contribution in [0.3, 0.4) is 0 Å². The molecule has 4 rings (SSSR count). The van der Waals surface area contributed by atoms with Crippen LogP contribution < -0.4 is 15.4 Å². The first kappa shape index (κ1) is 28.2. The number of aromatic hydroxyl groups is 1. The minimum absolute atomic E-state index is 0.0131. The van der Waals surface area contributed by atoms with Gasteiger partial charge >= 0.3 is 0 Å². The van der Waals surface area contributed by atoms with Crippen LogP contribution in [-0.2, 0) is 26.1 Å². The van der Waals surface area contributed by atoms with E-state index in [2.05, 4.69) is 35.8 Å². The van der Waals surface area contributed by atoms with E-state index in [9.17, 15) is 20.1 Å². The van der Waals surface area contributed by atoms with Gasteiger partial charge in [0, 0.05) is 47.7 Å². The van der Waals surface area contributed by atoms with E-state index >= 15 is 0 Å². The highest BCUT2D eigenvalue weighted by atomic mass is 16.5. The molecule has 0 spiro atoms. The summed E-state index contributed by atoms with van der Waals surface area (Å²) in [6.07, 6.45) is -0.0245. The zero-order valence-corrected chi connectivity index (χ0v) is 22.6. The van der Waals surface area contributed by atoms with Crippen LogP contribution in [0.4, 0.5) is 0 Å². The minimum Gasteiger partial charge on any atom is -0.508 e. The van der Waals surface area contributed by atoms with Crippen LogP contribution in [0.1, 0.15) is 52.7 Å². The number of carbonyl (C=O) groups is 1. The maximum Gasteiger partial charge on any atom is 0.268 e. The Morgan fingerprint density at radius 3 is 2.59 bits per heavy atom. The van der Waals surface area contributed by atoms with E-state index in [0.29, 0.717) is 36.5 Å². The summed E-state index contributed by atoms with van der Waals surface area (Å²) in [5, 5.41) is 37.1. The van der Waals surface area contributed by atoms with Crippen molar-refractivity contribution < 1.29 is 24.9 Å². The third-order valence-electron chi connectivity index (χ3n) is 7.01. The van der Waals surface area contributed by atoms with Crippen molar-refractivity contribution in [3.05, 3.63) is 94.7 Å². The van der Waals surface area contributed by atoms with Gasteiger partial charge in [-0.15, -0.1) is 0 Å². The Balaban J connectivity index is 1.40. The molecular formula is C31H37N3O5. The number of phenols is 1. The number of nitrogens with zero attached hydrogens (tertiary/aromatic N) is 1. The molecule has 8 heteroatoms. The topological polar surface area (TPSA) is 116 Å². The normalized spacial score (nSPS) is 12.8. The average molecular weight is 532 g/mol. The summed E-state index contributed by atoms with van der Waals surface area (Å²) in [5.41, 5.74) is 4.69. The van der Waals surface area contributed by atoms with Gasteiger partial charge in [-0.2, -0.15) is 0 Å². The van der Waals surface area contributed by atoms with Crippen molar-refractivity contribution in [3.63, 3.8) is 0 Å². The SMILES string of the molecule is CCn1c(C(=O)NCc2ccccc2OC)cc2cc(CC(C)NCC(O)c3ccc(O)c(CO)c3)ccc21. The van der Waals surface area contributed by atoms with Gasteiger partial charge < -0.3 is 35.3 Å². The number of nitrogens with one attached hydrogen (secondary N) is 2. The molecule has 5 N–H and O–H groups in total. The Labute approximate surface area is 228 Å². The molecule has 3 aromatic carbocycles. The summed E-state index contributed by atoms with van der Waals surface area (Å²) in [4.78, 5) is 13.1. The quantitative estimate of drug-likeness (QED) is 0.188. The predicted octanol–water partition coefficient (Wildman–Crippen LogP) is 4.05. The number of carbonyl (C=O) groups excluding carboxylic acids is 1. The highest BCUT2D eigenvalue weighted by Gasteiger charge is 2.17. The van der Waals surface area contributed by atoms with E-state index in [4.69, 9.17) is 4.74 Å². The van der Waals surface area contributed by atoms with Crippen molar-refractivity contribution in [1.29, 1.82) is 0 Å². The van der Waals surface area contributed by atoms with Gasteiger partial charge in [0.25, 0.3) is 5.91 Å². The number of hydrogen-bond acceptors (Lipinski definition) is 6. The Morgan fingerprint density at radius 2 is 1.85 bits per heavy atom. The van der Waals surface area contributed by atoms with Crippen LogP contribution in [0, 0.1) is 0 Å². The molecule has 8 nitrogen and oxygen atoms in total. The maximum absolute atomic E-state index is 13.1. The summed E-state index contributed by atoms with van der Waals surface area (Å²) in [6, 6.07) is 20.7. The van der Waals surface area contributed by atoms with Crippen molar-refractivity contribution >= 4 is 16.8 Å². The molecule has 0 aliphatic rings. The molecule has 1 heterocycles. The second kappa shape index (κ2) is 12.8. The fraction of sp³-hybridized carbons (Fsp3) is 0.323. The molecule has 4 aromatic rings. The van der Waals surface area contributed by atoms with Crippen LogP contribution in [0.2, 0.25) is 0 Å². The number of methoxy groups -OCH3 is 1. The molecular weight excluding hydrogens is 494 g/mol. The lowest BCUT2D eigenvalue weighted by molar-refractivity contribution is 0.0942. The highest BCUT2D eigenvalue weighted by Crippen LogP contribution is 2.24. The second-order valence-electron chi connectivity index (χ2n) is 9.74. The number of aromatic nitrogens is 1. The molecule has 0 saturated carbocycles. The molecule has 0 aliphatic heterocycles. The van der Waals surface area contributed by atoms with Gasteiger partial charge in [-0.25, -0.2) is 0 Å². The number of amides is 1. The number of para-hydroxylation sites is 1. The Kier molecular flexibility index (Phi) is 9.24. The third-order valence-corrected chi connectivity index (χ3v) is 7.01. The first-order chi connectivity index (χ1) is 18.8. The van der Waals surface area contributed by atoms with Gasteiger partial charge in [-0.3, -0.25) is 4.79 Å². The minimum atomic E-state index is -0.767. The van der Waals surface area contributed by atoms with Crippen LogP contribution in [0.25, 0.3) is 10.9 Å². The zero-order chi connectivity index (χ0) is 27.9. The molecule has 0 radical (unpaired) electrons. The van der Waals surface area contributed by atoms with E-state index in [-0.39, 0.29) is 24.3 Å². The van der Waals surface area contributed by atoms with Gasteiger partial charge in [-0.05, 0) is 67.8 Å². The lowest BCUT2D eigenvalue weighted by Crippen LogP contribution is -2.32. The second-order valence-corrected chi connectivity index (χ2v) is 9.74. The first-order valence-electron chi connectivity index (χ1n) is 13.2. The highest BCUT2D eigenvalue weighted by molar-refractivity contribution is 5.99. The molecule has 1 aromatic heterocycles. The van der Waals surface area contributed by atoms with Crippen molar-refractivity contribution in [2.75, 3.05) is 13.7 Å². The third kappa shape index (κ3) is 6.60. The largest absolute Gasteiger partial charge is 0.508 e. The standard InChI is InChI=1S/C31H37N3O5/c1-4-34-26-11-9-21(13-20(2)32-18-29(37)22-10-12-28(36)25(15-22)19-35)14-24(26)16-27(34)31(38)33-17-23-7-5-6-8-30(23)39-3/h5-12,14-16,20,29,32,35-37H,4,13,17-19H2,1-3H3,(H,33,38). The van der Waals surface area contributed by atoms with Crippen LogP contribution in [0.15, 0.2) is 66.7 Å². The van der Waals surface area contributed by atoms with Crippen molar-refractivity contribution in [2.24, 2.45) is 0 Å². The van der Waals surface area contributed by atoms with Gasteiger partial charge in [0.15, 0.2) is 0 Å². The maximum atomic E-state index is 13.1. The van der Waals surface area contributed by atoms with E-state index < -0.39 is 6.10 Å². The summed E-state index contributed by atoms with van der Waals surface area (Å²) >= 11 is 0. The first-order valence-corrected chi connectivity index (χ1v) is 13.2. The molecule has 2 unspecified atom stereocenters. The van der Waals surface area contributed by atoms with Crippen LogP contribution in [0.5, 0.6) is 11.5 Å². The van der Waals surface area contributed by atoms with Gasteiger partial charge in [0.05, 0.1) is 19.8 Å². The molecule has 0 saturated heterocycles. The molecule has 0 fully saturated rings. The molecule has 1 amide bonds. The Hall–Kier alpha value is -3.85. The molecule has 0 bridgehead atoms. The fourth-order valence-corrected chi connectivity index (χ4v) is 4.89. The number of aliphatic hydroxyl groups is 2. The predicted molar refractivity (Wildman–Crippen MR) is 152 cm³/mol. The summed E-state index contributed by atoms with van der Waals surface area (Å²) < 4.78 is 7.41. The smallest absolute Gasteiger partial charge is 0.268 e. The number of rotatable bonds is 12. The number of benzene rings is 3. The lowest BCUT2D eigenvalue weighted by Gasteiger charge is -2.18. The Bertz CT molecular complexity index is 1430. The van der Waals surface area contributed by atoms with Gasteiger partial charge in [0.2, 0.25) is 0 Å². The van der Waals surface area contributed by atoms with Crippen LogP contribution in [-0.4, -0.2) is 45.5 Å². The molecule has 39 heavy (non-hydrogen) atoms. The zero-order valence-electron chi connectivity index (χ0n) is 22.6. The van der Waals surface area contributed by atoms with Crippen molar-refractivity contribution in [2.45, 2.75) is 52.1 Å². The summed E-state index contributed by atoms with van der Waals surface area (Å²) in [6.45, 7) is 5.18. The van der Waals surface area contributed by atoms with E-state index in [0.717, 1.165) is 34.2 Å². The van der Waals surface area contributed by atoms with Gasteiger partial charge in [0.1, 0.15) is 17.2 Å². The van der Waals surface area contributed by atoms with Crippen LogP contribution >= 0.6 is 0 Å². The lowest BCUT2D eigenvalue weighted by atomic mass is 10.0. The number of aryl methyl sites for hydroxylation is 1. The van der Waals surface area contributed by atoms with Crippen molar-refractivity contribution in [3.8, 4) is 11.5 Å². The molecule has 206 valence electrons. The van der Waals surface area contributed by atoms with E-state index in [1.807, 2.05) is 41.8 Å². The fourth-order valence-electron chi connectivity index (χ4n) is 4.89. The van der Waals surface area contributed by atoms with E-state index in [1.165, 1.54) is 6.07 Å². The Morgan fingerprint density at radius 1 is 1.05 bits per heavy atom. The van der Waals surface area contributed by atoms with Gasteiger partial charge in [-0.1, -0.05) is 30.3 Å². The van der Waals surface area contributed by atoms with Crippen molar-refractivity contribution in [1.82, 2.24) is 15.2 Å². The average Bonchev–Trinajstić information content (AvgIpc) is 3.33. The molecule has 0 aliphatic carbocycles. The number of hydrogen-bond donors (Lipinski definition) is 5. The summed E-state index contributed by atoms with van der Waals surface area (Å²) in [5.74, 6) is 0.619. The number of ether oxygens (including phenoxy) is 1. The molecule has 2 atom stereocenters. The number of fused-ring (bicyclic) bond motifs is 1. The number of aliphatic hydroxyl groups excluding tert-OH is 2. The monoisotopic (exact) mass is 531 g/mol. The van der Waals surface area contributed by atoms with E-state index in [1.54, 1.807) is 19.2 Å².